The second-order valence-electron chi connectivity index (χ2n) is 4.82. The summed E-state index contributed by atoms with van der Waals surface area (Å²) >= 11 is 5.76. The van der Waals surface area contributed by atoms with E-state index in [1.807, 2.05) is 0 Å². The first-order chi connectivity index (χ1) is 10.8. The number of nitrogens with one attached hydrogen (secondary N) is 1. The summed E-state index contributed by atoms with van der Waals surface area (Å²) in [6.07, 6.45) is 0.516. The van der Waals surface area contributed by atoms with E-state index in [1.165, 1.54) is 24.3 Å². The van der Waals surface area contributed by atoms with E-state index in [1.54, 1.807) is 12.1 Å². The number of carbonyl (C=O) groups excluding carboxylic acids is 1. The Morgan fingerprint density at radius 2 is 1.83 bits per heavy atom. The Kier molecular flexibility index (Phi) is 5.35. The van der Waals surface area contributed by atoms with E-state index in [-0.39, 0.29) is 21.3 Å². The molecule has 3 N–H and O–H groups in total. The van der Waals surface area contributed by atoms with Gasteiger partial charge in [0.05, 0.1) is 5.02 Å². The fraction of sp³-hybridized carbons (Fsp3) is 0.133. The summed E-state index contributed by atoms with van der Waals surface area (Å²) in [5.74, 6) is -0.775. The summed E-state index contributed by atoms with van der Waals surface area (Å²) < 4.78 is 35.6. The Balaban J connectivity index is 2.02. The molecule has 8 heteroatoms. The van der Waals surface area contributed by atoms with Gasteiger partial charge < -0.3 is 5.32 Å². The van der Waals surface area contributed by atoms with Crippen molar-refractivity contribution in [3.05, 3.63) is 64.4 Å². The summed E-state index contributed by atoms with van der Waals surface area (Å²) in [6.45, 7) is 0.317. The van der Waals surface area contributed by atoms with Crippen molar-refractivity contribution in [2.24, 2.45) is 5.14 Å². The molecule has 0 aliphatic rings. The lowest BCUT2D eigenvalue weighted by Crippen LogP contribution is -2.26. The van der Waals surface area contributed by atoms with Crippen molar-refractivity contribution in [2.45, 2.75) is 11.3 Å². The maximum atomic E-state index is 12.8. The quantitative estimate of drug-likeness (QED) is 0.859. The highest BCUT2D eigenvalue weighted by Crippen LogP contribution is 2.21. The summed E-state index contributed by atoms with van der Waals surface area (Å²) in [7, 11) is -4.00. The minimum Gasteiger partial charge on any atom is -0.352 e. The molecule has 0 saturated carbocycles. The molecule has 5 nitrogen and oxygen atoms in total. The highest BCUT2D eigenvalue weighted by atomic mass is 35.5. The van der Waals surface area contributed by atoms with E-state index in [0.29, 0.717) is 13.0 Å². The van der Waals surface area contributed by atoms with E-state index in [9.17, 15) is 17.6 Å². The molecule has 0 aliphatic heterocycles. The molecule has 0 aromatic heterocycles. The van der Waals surface area contributed by atoms with Gasteiger partial charge in [-0.2, -0.15) is 0 Å². The number of rotatable bonds is 5. The minimum absolute atomic E-state index is 0.0460. The fourth-order valence-corrected chi connectivity index (χ4v) is 3.01. The van der Waals surface area contributed by atoms with Crippen molar-refractivity contribution < 1.29 is 17.6 Å². The molecule has 0 bridgehead atoms. The van der Waals surface area contributed by atoms with Crippen LogP contribution in [0.3, 0.4) is 0 Å². The average molecular weight is 357 g/mol. The molecule has 0 unspecified atom stereocenters. The SMILES string of the molecule is NS(=O)(=O)c1cc(C(=O)NCCc2ccc(F)cc2)ccc1Cl. The first-order valence-corrected chi connectivity index (χ1v) is 8.55. The molecule has 2 aromatic carbocycles. The van der Waals surface area contributed by atoms with Crippen molar-refractivity contribution in [3.8, 4) is 0 Å². The molecular weight excluding hydrogens is 343 g/mol. The molecule has 2 rings (SSSR count). The smallest absolute Gasteiger partial charge is 0.251 e. The van der Waals surface area contributed by atoms with Gasteiger partial charge >= 0.3 is 0 Å². The standard InChI is InChI=1S/C15H14ClFN2O3S/c16-13-6-3-11(9-14(13)23(18,21)22)15(20)19-8-7-10-1-4-12(17)5-2-10/h1-6,9H,7-8H2,(H,19,20)(H2,18,21,22). The lowest BCUT2D eigenvalue weighted by molar-refractivity contribution is 0.0954. The van der Waals surface area contributed by atoms with Crippen LogP contribution in [-0.2, 0) is 16.4 Å². The molecule has 0 radical (unpaired) electrons. The minimum atomic E-state index is -4.00. The largest absolute Gasteiger partial charge is 0.352 e. The van der Waals surface area contributed by atoms with Crippen molar-refractivity contribution in [1.29, 1.82) is 0 Å². The lowest BCUT2D eigenvalue weighted by atomic mass is 10.1. The molecule has 1 amide bonds. The highest BCUT2D eigenvalue weighted by Gasteiger charge is 2.16. The van der Waals surface area contributed by atoms with Crippen LogP contribution in [0, 0.1) is 5.82 Å². The van der Waals surface area contributed by atoms with E-state index in [4.69, 9.17) is 16.7 Å². The first kappa shape index (κ1) is 17.4. The van der Waals surface area contributed by atoms with E-state index >= 15 is 0 Å². The van der Waals surface area contributed by atoms with Gasteiger partial charge in [0.2, 0.25) is 10.0 Å². The van der Waals surface area contributed by atoms with Crippen molar-refractivity contribution in [2.75, 3.05) is 6.54 Å². The van der Waals surface area contributed by atoms with Crippen LogP contribution < -0.4 is 10.5 Å². The van der Waals surface area contributed by atoms with Gasteiger partial charge in [-0.15, -0.1) is 0 Å². The van der Waals surface area contributed by atoms with Crippen molar-refractivity contribution >= 4 is 27.5 Å². The van der Waals surface area contributed by atoms with Crippen LogP contribution >= 0.6 is 11.6 Å². The summed E-state index contributed by atoms with van der Waals surface area (Å²) in [6, 6.07) is 9.78. The number of carbonyl (C=O) groups is 1. The molecule has 0 saturated heterocycles. The van der Waals surface area contributed by atoms with Gasteiger partial charge in [0.15, 0.2) is 0 Å². The molecule has 122 valence electrons. The van der Waals surface area contributed by atoms with Crippen LogP contribution in [0.1, 0.15) is 15.9 Å². The van der Waals surface area contributed by atoms with Crippen LogP contribution in [0.15, 0.2) is 47.4 Å². The van der Waals surface area contributed by atoms with E-state index in [0.717, 1.165) is 11.6 Å². The van der Waals surface area contributed by atoms with E-state index < -0.39 is 15.9 Å². The number of benzene rings is 2. The van der Waals surface area contributed by atoms with Crippen LogP contribution in [-0.4, -0.2) is 20.9 Å². The normalized spacial score (nSPS) is 11.3. The molecule has 2 aromatic rings. The zero-order valence-corrected chi connectivity index (χ0v) is 13.5. The first-order valence-electron chi connectivity index (χ1n) is 6.62. The molecular formula is C15H14ClFN2O3S. The van der Waals surface area contributed by atoms with Crippen LogP contribution in [0.2, 0.25) is 5.02 Å². The van der Waals surface area contributed by atoms with Gasteiger partial charge in [0.25, 0.3) is 5.91 Å². The number of amides is 1. The average Bonchev–Trinajstić information content (AvgIpc) is 2.48. The van der Waals surface area contributed by atoms with Gasteiger partial charge in [-0.1, -0.05) is 23.7 Å². The zero-order chi connectivity index (χ0) is 17.0. The van der Waals surface area contributed by atoms with Gasteiger partial charge in [-0.25, -0.2) is 17.9 Å². The molecule has 0 atom stereocenters. The second kappa shape index (κ2) is 7.08. The fourth-order valence-electron chi connectivity index (χ4n) is 1.94. The van der Waals surface area contributed by atoms with Crippen LogP contribution in [0.25, 0.3) is 0 Å². The Bertz CT molecular complexity index is 823. The maximum Gasteiger partial charge on any atom is 0.251 e. The highest BCUT2D eigenvalue weighted by molar-refractivity contribution is 7.89. The summed E-state index contributed by atoms with van der Waals surface area (Å²) in [5.41, 5.74) is 1.01. The maximum absolute atomic E-state index is 12.8. The monoisotopic (exact) mass is 356 g/mol. The Hall–Kier alpha value is -1.96. The lowest BCUT2D eigenvalue weighted by Gasteiger charge is -2.08. The van der Waals surface area contributed by atoms with Gasteiger partial charge in [0, 0.05) is 12.1 Å². The Labute approximate surface area is 138 Å². The summed E-state index contributed by atoms with van der Waals surface area (Å²) in [4.78, 5) is 11.7. The predicted octanol–water partition coefficient (Wildman–Crippen LogP) is 2.10. The van der Waals surface area contributed by atoms with Crippen LogP contribution in [0.5, 0.6) is 0 Å². The van der Waals surface area contributed by atoms with Gasteiger partial charge in [-0.05, 0) is 42.3 Å². The molecule has 0 spiro atoms. The van der Waals surface area contributed by atoms with Gasteiger partial charge in [-0.3, -0.25) is 4.79 Å². The third-order valence-corrected chi connectivity index (χ3v) is 4.50. The predicted molar refractivity (Wildman–Crippen MR) is 85.3 cm³/mol. The molecule has 0 fully saturated rings. The number of halogens is 2. The van der Waals surface area contributed by atoms with Crippen LogP contribution in [0.4, 0.5) is 4.39 Å². The summed E-state index contributed by atoms with van der Waals surface area (Å²) in [5, 5.41) is 7.64. The third kappa shape index (κ3) is 4.75. The number of primary sulfonamides is 1. The number of sulfonamides is 1. The Morgan fingerprint density at radius 3 is 2.43 bits per heavy atom. The Morgan fingerprint density at radius 1 is 1.17 bits per heavy atom. The van der Waals surface area contributed by atoms with Crippen molar-refractivity contribution in [1.82, 2.24) is 5.32 Å². The number of hydrogen-bond acceptors (Lipinski definition) is 3. The molecule has 23 heavy (non-hydrogen) atoms. The molecule has 0 heterocycles. The van der Waals surface area contributed by atoms with E-state index in [2.05, 4.69) is 5.32 Å². The van der Waals surface area contributed by atoms with Gasteiger partial charge in [0.1, 0.15) is 10.7 Å². The zero-order valence-electron chi connectivity index (χ0n) is 11.9. The topological polar surface area (TPSA) is 89.3 Å². The number of nitrogens with two attached hydrogens (primary N) is 1. The number of hydrogen-bond donors (Lipinski definition) is 2. The third-order valence-electron chi connectivity index (χ3n) is 3.11. The second-order valence-corrected chi connectivity index (χ2v) is 6.76. The molecule has 0 aliphatic carbocycles. The van der Waals surface area contributed by atoms with Crippen molar-refractivity contribution in [3.63, 3.8) is 0 Å².